The van der Waals surface area contributed by atoms with Gasteiger partial charge in [-0.3, -0.25) is 4.79 Å². The van der Waals surface area contributed by atoms with Gasteiger partial charge in [-0.05, 0) is 30.4 Å². The number of nitrogens with one attached hydrogen (secondary N) is 1. The molecule has 0 aliphatic heterocycles. The molecule has 128 valence electrons. The molecule has 0 aliphatic carbocycles. The Hall–Kier alpha value is -1.88. The molecule has 0 fully saturated rings. The molecular formula is C18H27NO4. The molecule has 1 rings (SSSR count). The molecule has 5 nitrogen and oxygen atoms in total. The van der Waals surface area contributed by atoms with E-state index in [1.165, 1.54) is 0 Å². The third-order valence-corrected chi connectivity index (χ3v) is 3.36. The van der Waals surface area contributed by atoms with Gasteiger partial charge in [0.25, 0.3) is 0 Å². The summed E-state index contributed by atoms with van der Waals surface area (Å²) in [6.07, 6.45) is 1.38. The number of carbonyl (C=O) groups excluding carboxylic acids is 2. The highest BCUT2D eigenvalue weighted by Crippen LogP contribution is 2.09. The first-order chi connectivity index (χ1) is 11.0. The highest BCUT2D eigenvalue weighted by atomic mass is 16.5. The first-order valence-electron chi connectivity index (χ1n) is 8.10. The second-order valence-corrected chi connectivity index (χ2v) is 5.96. The first-order valence-corrected chi connectivity index (χ1v) is 8.10. The lowest BCUT2D eigenvalue weighted by molar-refractivity contribution is -0.147. The van der Waals surface area contributed by atoms with E-state index in [4.69, 9.17) is 9.84 Å². The van der Waals surface area contributed by atoms with E-state index in [9.17, 15) is 9.59 Å². The number of hydrogen-bond donors (Lipinski definition) is 2. The molecule has 2 N–H and O–H groups in total. The number of aliphatic hydroxyl groups is 1. The SMILES string of the molecule is CCOC(=O)[C@H](Cc1ccc(CCO)cc1)NC(=O)CC(C)C. The van der Waals surface area contributed by atoms with Crippen molar-refractivity contribution in [2.24, 2.45) is 5.92 Å². The Bertz CT molecular complexity index is 496. The summed E-state index contributed by atoms with van der Waals surface area (Å²) in [4.78, 5) is 24.0. The van der Waals surface area contributed by atoms with Gasteiger partial charge in [-0.25, -0.2) is 4.79 Å². The maximum atomic E-state index is 12.1. The second-order valence-electron chi connectivity index (χ2n) is 5.96. The summed E-state index contributed by atoms with van der Waals surface area (Å²) in [5, 5.41) is 11.7. The van der Waals surface area contributed by atoms with E-state index in [-0.39, 0.29) is 25.0 Å². The zero-order valence-corrected chi connectivity index (χ0v) is 14.2. The molecule has 23 heavy (non-hydrogen) atoms. The molecule has 1 aromatic carbocycles. The summed E-state index contributed by atoms with van der Waals surface area (Å²) >= 11 is 0. The van der Waals surface area contributed by atoms with E-state index in [2.05, 4.69) is 5.32 Å². The second kappa shape index (κ2) is 10.0. The summed E-state index contributed by atoms with van der Waals surface area (Å²) < 4.78 is 5.06. The number of esters is 1. The minimum absolute atomic E-state index is 0.107. The summed E-state index contributed by atoms with van der Waals surface area (Å²) in [6.45, 7) is 6.05. The smallest absolute Gasteiger partial charge is 0.328 e. The molecule has 1 atom stereocenters. The summed E-state index contributed by atoms with van der Waals surface area (Å²) in [7, 11) is 0. The van der Waals surface area contributed by atoms with Gasteiger partial charge in [-0.2, -0.15) is 0 Å². The number of benzene rings is 1. The molecule has 0 saturated heterocycles. The molecular weight excluding hydrogens is 294 g/mol. The maximum Gasteiger partial charge on any atom is 0.328 e. The van der Waals surface area contributed by atoms with Crippen LogP contribution in [0.4, 0.5) is 0 Å². The molecule has 0 heterocycles. The van der Waals surface area contributed by atoms with Gasteiger partial charge in [-0.1, -0.05) is 38.1 Å². The van der Waals surface area contributed by atoms with Crippen molar-refractivity contribution >= 4 is 11.9 Å². The third-order valence-electron chi connectivity index (χ3n) is 3.36. The van der Waals surface area contributed by atoms with Gasteiger partial charge in [0, 0.05) is 19.4 Å². The highest BCUT2D eigenvalue weighted by Gasteiger charge is 2.22. The number of hydrogen-bond acceptors (Lipinski definition) is 4. The van der Waals surface area contributed by atoms with Crippen molar-refractivity contribution in [3.8, 4) is 0 Å². The number of ether oxygens (including phenoxy) is 1. The van der Waals surface area contributed by atoms with Crippen LogP contribution in [0.1, 0.15) is 38.3 Å². The predicted molar refractivity (Wildman–Crippen MR) is 89.0 cm³/mol. The Morgan fingerprint density at radius 3 is 2.30 bits per heavy atom. The number of amides is 1. The lowest BCUT2D eigenvalue weighted by atomic mass is 10.0. The van der Waals surface area contributed by atoms with Crippen molar-refractivity contribution in [1.29, 1.82) is 0 Å². The van der Waals surface area contributed by atoms with Crippen LogP contribution in [0.3, 0.4) is 0 Å². The molecule has 0 saturated carbocycles. The molecule has 0 aliphatic rings. The van der Waals surface area contributed by atoms with E-state index in [1.807, 2.05) is 38.1 Å². The zero-order valence-electron chi connectivity index (χ0n) is 14.2. The van der Waals surface area contributed by atoms with Crippen LogP contribution in [-0.2, 0) is 27.2 Å². The Morgan fingerprint density at radius 1 is 1.17 bits per heavy atom. The molecule has 1 amide bonds. The normalized spacial score (nSPS) is 12.0. The standard InChI is InChI=1S/C18H27NO4/c1-4-23-18(22)16(19-17(21)11-13(2)3)12-15-7-5-14(6-8-15)9-10-20/h5-8,13,16,20H,4,9-12H2,1-3H3,(H,19,21)/t16-/m0/s1. The van der Waals surface area contributed by atoms with Crippen molar-refractivity contribution in [2.45, 2.75) is 46.1 Å². The molecule has 1 aromatic rings. The van der Waals surface area contributed by atoms with Gasteiger partial charge in [0.2, 0.25) is 5.91 Å². The predicted octanol–water partition coefficient (Wildman–Crippen LogP) is 1.86. The van der Waals surface area contributed by atoms with E-state index in [0.29, 0.717) is 19.3 Å². The summed E-state index contributed by atoms with van der Waals surface area (Å²) in [5.74, 6) is -0.324. The Labute approximate surface area is 138 Å². The topological polar surface area (TPSA) is 75.6 Å². The molecule has 0 bridgehead atoms. The minimum Gasteiger partial charge on any atom is -0.464 e. The van der Waals surface area contributed by atoms with E-state index in [0.717, 1.165) is 11.1 Å². The number of rotatable bonds is 9. The highest BCUT2D eigenvalue weighted by molar-refractivity contribution is 5.84. The Balaban J connectivity index is 2.75. The van der Waals surface area contributed by atoms with Gasteiger partial charge in [0.05, 0.1) is 6.61 Å². The van der Waals surface area contributed by atoms with Gasteiger partial charge in [0.1, 0.15) is 6.04 Å². The van der Waals surface area contributed by atoms with Gasteiger partial charge >= 0.3 is 5.97 Å². The Kier molecular flexibility index (Phi) is 8.33. The van der Waals surface area contributed by atoms with Gasteiger partial charge in [-0.15, -0.1) is 0 Å². The van der Waals surface area contributed by atoms with E-state index in [1.54, 1.807) is 6.92 Å². The quantitative estimate of drug-likeness (QED) is 0.681. The molecule has 0 aromatic heterocycles. The van der Waals surface area contributed by atoms with Crippen LogP contribution >= 0.6 is 0 Å². The van der Waals surface area contributed by atoms with Crippen molar-refractivity contribution in [2.75, 3.05) is 13.2 Å². The largest absolute Gasteiger partial charge is 0.464 e. The van der Waals surface area contributed by atoms with Crippen LogP contribution in [0.5, 0.6) is 0 Å². The number of aliphatic hydroxyl groups excluding tert-OH is 1. The van der Waals surface area contributed by atoms with Gasteiger partial charge < -0.3 is 15.2 Å². The van der Waals surface area contributed by atoms with Crippen LogP contribution in [-0.4, -0.2) is 36.2 Å². The molecule has 0 radical (unpaired) electrons. The summed E-state index contributed by atoms with van der Waals surface area (Å²) in [5.41, 5.74) is 1.97. The molecule has 5 heteroatoms. The Morgan fingerprint density at radius 2 is 1.78 bits per heavy atom. The first kappa shape index (κ1) is 19.2. The van der Waals surface area contributed by atoms with Crippen LogP contribution in [0.15, 0.2) is 24.3 Å². The fourth-order valence-corrected chi connectivity index (χ4v) is 2.27. The van der Waals surface area contributed by atoms with E-state index >= 15 is 0 Å². The monoisotopic (exact) mass is 321 g/mol. The van der Waals surface area contributed by atoms with Crippen molar-refractivity contribution in [3.05, 3.63) is 35.4 Å². The minimum atomic E-state index is -0.676. The van der Waals surface area contributed by atoms with Crippen LogP contribution in [0.25, 0.3) is 0 Å². The van der Waals surface area contributed by atoms with Crippen LogP contribution in [0, 0.1) is 5.92 Å². The summed E-state index contributed by atoms with van der Waals surface area (Å²) in [6, 6.07) is 6.98. The van der Waals surface area contributed by atoms with Crippen LogP contribution < -0.4 is 5.32 Å². The average molecular weight is 321 g/mol. The van der Waals surface area contributed by atoms with Crippen LogP contribution in [0.2, 0.25) is 0 Å². The fraction of sp³-hybridized carbons (Fsp3) is 0.556. The third kappa shape index (κ3) is 7.28. The lowest BCUT2D eigenvalue weighted by Crippen LogP contribution is -2.43. The fourth-order valence-electron chi connectivity index (χ4n) is 2.27. The van der Waals surface area contributed by atoms with Gasteiger partial charge in [0.15, 0.2) is 0 Å². The maximum absolute atomic E-state index is 12.1. The molecule has 0 spiro atoms. The molecule has 0 unspecified atom stereocenters. The average Bonchev–Trinajstić information content (AvgIpc) is 2.48. The van der Waals surface area contributed by atoms with Crippen molar-refractivity contribution in [3.63, 3.8) is 0 Å². The van der Waals surface area contributed by atoms with Crippen molar-refractivity contribution < 1.29 is 19.4 Å². The van der Waals surface area contributed by atoms with Crippen molar-refractivity contribution in [1.82, 2.24) is 5.32 Å². The number of carbonyl (C=O) groups is 2. The van der Waals surface area contributed by atoms with E-state index < -0.39 is 12.0 Å². The lowest BCUT2D eigenvalue weighted by Gasteiger charge is -2.18. The zero-order chi connectivity index (χ0) is 17.2.